The first-order valence-corrected chi connectivity index (χ1v) is 14.7. The molecule has 2 N–H and O–H groups in total. The number of carbonyl (C=O) groups excluding carboxylic acids is 1. The molecule has 3 aromatic rings. The minimum atomic E-state index is -2.14. The zero-order chi connectivity index (χ0) is 31.2. The zero-order valence-corrected chi connectivity index (χ0v) is 23.9. The summed E-state index contributed by atoms with van der Waals surface area (Å²) in [5.41, 5.74) is 8.36. The van der Waals surface area contributed by atoms with Crippen LogP contribution in [0.15, 0.2) is 29.3 Å². The summed E-state index contributed by atoms with van der Waals surface area (Å²) >= 11 is 1.46. The normalized spacial score (nSPS) is 22.8. The number of aryl methyl sites for hydroxylation is 1. The van der Waals surface area contributed by atoms with Gasteiger partial charge >= 0.3 is 0 Å². The SMILES string of the molecule is [2H]C([2H])([2H])N1CCN(c2cc(N3CCN(C(=O)C=C)CC3)cc(-c3noc(C4(C)CCCc5sc(N)c(C#N)c54)n3)n2)CC1. The lowest BCUT2D eigenvalue weighted by molar-refractivity contribution is -0.126. The number of carbonyl (C=O) groups is 1. The molecular formula is C29H35N9O2S. The summed E-state index contributed by atoms with van der Waals surface area (Å²) in [6.45, 7) is 7.66. The summed E-state index contributed by atoms with van der Waals surface area (Å²) < 4.78 is 29.2. The summed E-state index contributed by atoms with van der Waals surface area (Å²) in [6.07, 6.45) is 3.85. The summed E-state index contributed by atoms with van der Waals surface area (Å²) in [6, 6.07) is 6.22. The molecule has 1 amide bonds. The number of piperazine rings is 2. The van der Waals surface area contributed by atoms with Gasteiger partial charge in [0.1, 0.15) is 22.6 Å². The van der Waals surface area contributed by atoms with E-state index in [0.29, 0.717) is 86.1 Å². The predicted octanol–water partition coefficient (Wildman–Crippen LogP) is 2.88. The number of nitriles is 1. The van der Waals surface area contributed by atoms with E-state index in [9.17, 15) is 10.1 Å². The maximum atomic E-state index is 12.2. The van der Waals surface area contributed by atoms with Crippen molar-refractivity contribution in [2.75, 3.05) is 74.9 Å². The van der Waals surface area contributed by atoms with Crippen molar-refractivity contribution >= 4 is 33.8 Å². The van der Waals surface area contributed by atoms with E-state index < -0.39 is 12.4 Å². The molecule has 2 fully saturated rings. The number of fused-ring (bicyclic) bond motifs is 1. The second-order valence-electron chi connectivity index (χ2n) is 10.9. The number of aromatic nitrogens is 3. The molecule has 5 heterocycles. The van der Waals surface area contributed by atoms with Gasteiger partial charge in [-0.1, -0.05) is 11.7 Å². The summed E-state index contributed by atoms with van der Waals surface area (Å²) in [4.78, 5) is 30.6. The molecule has 0 aromatic carbocycles. The summed E-state index contributed by atoms with van der Waals surface area (Å²) in [5, 5.41) is 14.8. The average molecular weight is 577 g/mol. The Bertz CT molecular complexity index is 1610. The van der Waals surface area contributed by atoms with E-state index in [-0.39, 0.29) is 5.91 Å². The Morgan fingerprint density at radius 1 is 1.20 bits per heavy atom. The number of pyridine rings is 1. The van der Waals surface area contributed by atoms with Gasteiger partial charge in [0.15, 0.2) is 0 Å². The second kappa shape index (κ2) is 10.8. The van der Waals surface area contributed by atoms with Crippen molar-refractivity contribution in [2.45, 2.75) is 31.6 Å². The molecule has 3 aliphatic rings. The fourth-order valence-corrected chi connectivity index (χ4v) is 7.26. The highest BCUT2D eigenvalue weighted by atomic mass is 32.1. The molecule has 2 saturated heterocycles. The van der Waals surface area contributed by atoms with Crippen LogP contribution in [-0.2, 0) is 16.6 Å². The zero-order valence-electron chi connectivity index (χ0n) is 26.1. The van der Waals surface area contributed by atoms with Gasteiger partial charge in [-0.05, 0) is 45.3 Å². The largest absolute Gasteiger partial charge is 0.389 e. The van der Waals surface area contributed by atoms with Crippen LogP contribution in [0, 0.1) is 11.3 Å². The number of nitrogens with zero attached hydrogens (tertiary/aromatic N) is 8. The molecule has 0 radical (unpaired) electrons. The van der Waals surface area contributed by atoms with Gasteiger partial charge in [0.25, 0.3) is 0 Å². The van der Waals surface area contributed by atoms with Crippen molar-refractivity contribution in [3.63, 3.8) is 0 Å². The van der Waals surface area contributed by atoms with E-state index in [0.717, 1.165) is 35.4 Å². The van der Waals surface area contributed by atoms with Gasteiger partial charge in [0.2, 0.25) is 17.6 Å². The van der Waals surface area contributed by atoms with Gasteiger partial charge in [-0.2, -0.15) is 10.2 Å². The Hall–Kier alpha value is -3.95. The topological polar surface area (TPSA) is 132 Å². The van der Waals surface area contributed by atoms with Crippen LogP contribution in [0.1, 0.15) is 45.8 Å². The molecule has 2 aliphatic heterocycles. The van der Waals surface area contributed by atoms with Crippen molar-refractivity contribution < 1.29 is 13.4 Å². The first kappa shape index (κ1) is 23.7. The lowest BCUT2D eigenvalue weighted by Gasteiger charge is -2.37. The highest BCUT2D eigenvalue weighted by Gasteiger charge is 2.43. The second-order valence-corrected chi connectivity index (χ2v) is 12.1. The van der Waals surface area contributed by atoms with Crippen LogP contribution in [0.2, 0.25) is 0 Å². The number of hydrogen-bond acceptors (Lipinski definition) is 11. The predicted molar refractivity (Wildman–Crippen MR) is 159 cm³/mol. The molecule has 0 saturated carbocycles. The fraction of sp³-hybridized carbons (Fsp3) is 0.483. The van der Waals surface area contributed by atoms with Crippen LogP contribution in [0.4, 0.5) is 16.5 Å². The number of anilines is 3. The van der Waals surface area contributed by atoms with E-state index in [1.54, 1.807) is 4.90 Å². The Morgan fingerprint density at radius 3 is 2.66 bits per heavy atom. The molecule has 0 bridgehead atoms. The molecule has 1 atom stereocenters. The van der Waals surface area contributed by atoms with Crippen LogP contribution in [0.5, 0.6) is 0 Å². The van der Waals surface area contributed by atoms with Crippen LogP contribution in [-0.4, -0.2) is 90.2 Å². The lowest BCUT2D eigenvalue weighted by Crippen LogP contribution is -2.48. The Labute approximate surface area is 248 Å². The number of likely N-dealkylation sites (N-methyl/N-ethyl adjacent to an activating group) is 1. The maximum Gasteiger partial charge on any atom is 0.246 e. The van der Waals surface area contributed by atoms with Crippen molar-refractivity contribution in [1.82, 2.24) is 24.9 Å². The summed E-state index contributed by atoms with van der Waals surface area (Å²) in [7, 11) is 0. The first-order valence-electron chi connectivity index (χ1n) is 15.4. The third-order valence-electron chi connectivity index (χ3n) is 8.41. The third-order valence-corrected chi connectivity index (χ3v) is 9.49. The standard InChI is InChI=1S/C29H35N9O2S/c1-4-24(39)38-14-12-36(13-15-38)19-16-21(32-23(17-19)37-10-8-35(3)9-11-37)27-33-28(40-34-27)29(2)7-5-6-22-25(29)20(18-30)26(31)41-22/h4,16-17H,1,5-15,31H2,2-3H3/i3D3. The number of nitrogen functional groups attached to an aromatic ring is 1. The molecule has 3 aromatic heterocycles. The van der Waals surface area contributed by atoms with Gasteiger partial charge in [-0.3, -0.25) is 4.79 Å². The molecule has 1 unspecified atom stereocenters. The third kappa shape index (κ3) is 4.93. The Kier molecular flexibility index (Phi) is 6.25. The minimum Gasteiger partial charge on any atom is -0.389 e. The van der Waals surface area contributed by atoms with E-state index >= 15 is 0 Å². The molecule has 12 heteroatoms. The number of amides is 1. The van der Waals surface area contributed by atoms with E-state index in [4.69, 9.17) is 24.3 Å². The van der Waals surface area contributed by atoms with Crippen molar-refractivity contribution in [1.29, 1.82) is 5.26 Å². The average Bonchev–Trinajstić information content (AvgIpc) is 3.66. The quantitative estimate of drug-likeness (QED) is 0.452. The highest BCUT2D eigenvalue weighted by molar-refractivity contribution is 7.16. The van der Waals surface area contributed by atoms with Gasteiger partial charge in [0, 0.05) is 78.7 Å². The number of nitrogens with two attached hydrogens (primary N) is 1. The first-order chi connectivity index (χ1) is 21.0. The molecule has 1 aliphatic carbocycles. The van der Waals surface area contributed by atoms with Gasteiger partial charge < -0.3 is 29.9 Å². The maximum absolute atomic E-state index is 12.2. The van der Waals surface area contributed by atoms with E-state index in [1.807, 2.05) is 19.1 Å². The molecule has 11 nitrogen and oxygen atoms in total. The fourth-order valence-electron chi connectivity index (χ4n) is 6.07. The molecule has 214 valence electrons. The van der Waals surface area contributed by atoms with Gasteiger partial charge in [-0.25, -0.2) is 4.98 Å². The highest BCUT2D eigenvalue weighted by Crippen LogP contribution is 2.48. The van der Waals surface area contributed by atoms with Crippen molar-refractivity contribution in [2.24, 2.45) is 0 Å². The van der Waals surface area contributed by atoms with Crippen LogP contribution in [0.3, 0.4) is 0 Å². The van der Waals surface area contributed by atoms with Gasteiger partial charge in [0.05, 0.1) is 11.0 Å². The van der Waals surface area contributed by atoms with Crippen LogP contribution >= 0.6 is 11.3 Å². The Balaban J connectivity index is 1.34. The lowest BCUT2D eigenvalue weighted by atomic mass is 9.72. The molecule has 41 heavy (non-hydrogen) atoms. The number of rotatable bonds is 5. The van der Waals surface area contributed by atoms with E-state index in [1.165, 1.54) is 22.3 Å². The van der Waals surface area contributed by atoms with Crippen LogP contribution < -0.4 is 15.5 Å². The van der Waals surface area contributed by atoms with Gasteiger partial charge in [-0.15, -0.1) is 11.3 Å². The summed E-state index contributed by atoms with van der Waals surface area (Å²) in [5.74, 6) is 1.36. The van der Waals surface area contributed by atoms with Crippen LogP contribution in [0.25, 0.3) is 11.5 Å². The smallest absolute Gasteiger partial charge is 0.246 e. The Morgan fingerprint density at radius 2 is 1.95 bits per heavy atom. The molecule has 0 spiro atoms. The number of hydrogen-bond donors (Lipinski definition) is 1. The molecular weight excluding hydrogens is 538 g/mol. The van der Waals surface area contributed by atoms with Crippen molar-refractivity contribution in [3.05, 3.63) is 46.7 Å². The number of thiophene rings is 1. The minimum absolute atomic E-state index is 0.0847. The monoisotopic (exact) mass is 576 g/mol. The molecule has 6 rings (SSSR count). The van der Waals surface area contributed by atoms with Crippen molar-refractivity contribution in [3.8, 4) is 17.6 Å². The van der Waals surface area contributed by atoms with E-state index in [2.05, 4.69) is 27.6 Å².